The third-order valence-corrected chi connectivity index (χ3v) is 5.11. The van der Waals surface area contributed by atoms with Crippen molar-refractivity contribution in [1.29, 1.82) is 0 Å². The smallest absolute Gasteiger partial charge is 0.277 e. The van der Waals surface area contributed by atoms with Crippen molar-refractivity contribution >= 4 is 11.7 Å². The second-order valence-corrected chi connectivity index (χ2v) is 6.91. The summed E-state index contributed by atoms with van der Waals surface area (Å²) in [6.45, 7) is 6.08. The number of methoxy groups -OCH3 is 3. The summed E-state index contributed by atoms with van der Waals surface area (Å²) in [5, 5.41) is 4.52. The number of carbonyl (C=O) groups excluding carboxylic acids is 1. The first-order valence-electron chi connectivity index (χ1n) is 10.1. The number of anilines is 1. The van der Waals surface area contributed by atoms with Gasteiger partial charge in [-0.2, -0.15) is 0 Å². The van der Waals surface area contributed by atoms with Crippen molar-refractivity contribution in [3.05, 3.63) is 23.4 Å². The SMILES string of the molecule is CCC(CC)Nc1nc(C)c(-c2c(OC)cc(C(=O)N(C)OC)cc2OC)nc1OC. The van der Waals surface area contributed by atoms with E-state index in [-0.39, 0.29) is 11.9 Å². The number of nitrogens with zero attached hydrogens (tertiary/aromatic N) is 3. The summed E-state index contributed by atoms with van der Waals surface area (Å²) in [7, 11) is 7.55. The van der Waals surface area contributed by atoms with Gasteiger partial charge in [0.15, 0.2) is 5.82 Å². The lowest BCUT2D eigenvalue weighted by molar-refractivity contribution is -0.0757. The van der Waals surface area contributed by atoms with E-state index < -0.39 is 0 Å². The number of ether oxygens (including phenoxy) is 3. The van der Waals surface area contributed by atoms with Gasteiger partial charge < -0.3 is 19.5 Å². The van der Waals surface area contributed by atoms with Gasteiger partial charge in [-0.05, 0) is 31.9 Å². The third-order valence-electron chi connectivity index (χ3n) is 5.11. The van der Waals surface area contributed by atoms with Crippen LogP contribution in [0.3, 0.4) is 0 Å². The summed E-state index contributed by atoms with van der Waals surface area (Å²) in [6.07, 6.45) is 1.91. The maximum Gasteiger partial charge on any atom is 0.277 e. The van der Waals surface area contributed by atoms with Crippen LogP contribution in [0.25, 0.3) is 11.3 Å². The van der Waals surface area contributed by atoms with E-state index in [4.69, 9.17) is 29.0 Å². The van der Waals surface area contributed by atoms with Crippen LogP contribution >= 0.6 is 0 Å². The van der Waals surface area contributed by atoms with E-state index in [1.165, 1.54) is 28.4 Å². The first-order chi connectivity index (χ1) is 14.8. The zero-order chi connectivity index (χ0) is 23.1. The molecule has 9 heteroatoms. The zero-order valence-electron chi connectivity index (χ0n) is 19.5. The largest absolute Gasteiger partial charge is 0.496 e. The van der Waals surface area contributed by atoms with Gasteiger partial charge in [-0.15, -0.1) is 0 Å². The molecule has 1 N–H and O–H groups in total. The Morgan fingerprint density at radius 1 is 1.03 bits per heavy atom. The average Bonchev–Trinajstić information content (AvgIpc) is 2.80. The normalized spacial score (nSPS) is 10.7. The van der Waals surface area contributed by atoms with Crippen molar-refractivity contribution in [2.75, 3.05) is 40.8 Å². The summed E-state index contributed by atoms with van der Waals surface area (Å²) in [4.78, 5) is 27.0. The zero-order valence-corrected chi connectivity index (χ0v) is 19.5. The standard InChI is InChI=1S/C22H32N4O5/c1-9-15(10-2)24-20-21(30-7)25-19(13(3)23-20)18-16(28-5)11-14(12-17(18)29-6)22(27)26(4)31-8/h11-12,15H,9-10H2,1-8H3,(H,23,24). The van der Waals surface area contributed by atoms with Crippen LogP contribution in [-0.4, -0.2) is 62.5 Å². The molecular weight excluding hydrogens is 400 g/mol. The van der Waals surface area contributed by atoms with Gasteiger partial charge in [0.05, 0.1) is 39.7 Å². The van der Waals surface area contributed by atoms with Crippen LogP contribution < -0.4 is 19.5 Å². The molecule has 31 heavy (non-hydrogen) atoms. The van der Waals surface area contributed by atoms with E-state index in [1.807, 2.05) is 6.92 Å². The Labute approximate surface area is 183 Å². The van der Waals surface area contributed by atoms with Crippen LogP contribution in [0, 0.1) is 6.92 Å². The number of amides is 1. The van der Waals surface area contributed by atoms with Gasteiger partial charge in [0.1, 0.15) is 17.2 Å². The molecule has 0 saturated carbocycles. The number of hydrogen-bond donors (Lipinski definition) is 1. The molecule has 0 aliphatic heterocycles. The molecule has 0 radical (unpaired) electrons. The fourth-order valence-corrected chi connectivity index (χ4v) is 3.20. The molecule has 0 unspecified atom stereocenters. The molecule has 0 spiro atoms. The summed E-state index contributed by atoms with van der Waals surface area (Å²) in [5.74, 6) is 1.47. The predicted molar refractivity (Wildman–Crippen MR) is 119 cm³/mol. The third kappa shape index (κ3) is 5.16. The molecule has 2 aromatic rings. The molecule has 0 aliphatic carbocycles. The summed E-state index contributed by atoms with van der Waals surface area (Å²) in [5.41, 5.74) is 2.14. The maximum atomic E-state index is 12.6. The molecular formula is C22H32N4O5. The Morgan fingerprint density at radius 3 is 2.06 bits per heavy atom. The lowest BCUT2D eigenvalue weighted by atomic mass is 10.0. The predicted octanol–water partition coefficient (Wildman–Crippen LogP) is 3.71. The second kappa shape index (κ2) is 10.8. The molecule has 1 heterocycles. The first kappa shape index (κ1) is 24.2. The van der Waals surface area contributed by atoms with Crippen LogP contribution in [0.1, 0.15) is 42.7 Å². The minimum atomic E-state index is -0.337. The highest BCUT2D eigenvalue weighted by atomic mass is 16.7. The Hall–Kier alpha value is -3.07. The number of aromatic nitrogens is 2. The van der Waals surface area contributed by atoms with Crippen LogP contribution in [0.15, 0.2) is 12.1 Å². The fourth-order valence-electron chi connectivity index (χ4n) is 3.20. The van der Waals surface area contributed by atoms with Crippen LogP contribution in [0.4, 0.5) is 5.82 Å². The van der Waals surface area contributed by atoms with E-state index in [0.717, 1.165) is 17.9 Å². The van der Waals surface area contributed by atoms with Crippen LogP contribution in [-0.2, 0) is 4.84 Å². The molecule has 1 aromatic carbocycles. The number of aryl methyl sites for hydroxylation is 1. The summed E-state index contributed by atoms with van der Waals surface area (Å²) in [6, 6.07) is 3.51. The monoisotopic (exact) mass is 432 g/mol. The van der Waals surface area contributed by atoms with Gasteiger partial charge >= 0.3 is 0 Å². The first-order valence-corrected chi connectivity index (χ1v) is 10.1. The van der Waals surface area contributed by atoms with Gasteiger partial charge in [0.25, 0.3) is 11.8 Å². The van der Waals surface area contributed by atoms with E-state index in [1.54, 1.807) is 19.2 Å². The van der Waals surface area contributed by atoms with Crippen molar-refractivity contribution in [2.45, 2.75) is 39.7 Å². The van der Waals surface area contributed by atoms with E-state index in [2.05, 4.69) is 19.2 Å². The van der Waals surface area contributed by atoms with Gasteiger partial charge in [0, 0.05) is 18.7 Å². The quantitative estimate of drug-likeness (QED) is 0.568. The Morgan fingerprint density at radius 2 is 1.61 bits per heavy atom. The lowest BCUT2D eigenvalue weighted by Crippen LogP contribution is -2.25. The van der Waals surface area contributed by atoms with Gasteiger partial charge in [-0.1, -0.05) is 13.8 Å². The number of benzene rings is 1. The molecule has 1 amide bonds. The molecule has 0 aliphatic rings. The van der Waals surface area contributed by atoms with Gasteiger partial charge in [0.2, 0.25) is 0 Å². The van der Waals surface area contributed by atoms with Crippen molar-refractivity contribution in [2.24, 2.45) is 0 Å². The highest BCUT2D eigenvalue weighted by Crippen LogP contribution is 2.41. The second-order valence-electron chi connectivity index (χ2n) is 6.91. The summed E-state index contributed by atoms with van der Waals surface area (Å²) >= 11 is 0. The number of hydroxylamine groups is 2. The number of rotatable bonds is 10. The van der Waals surface area contributed by atoms with E-state index in [9.17, 15) is 4.79 Å². The van der Waals surface area contributed by atoms with Gasteiger partial charge in [-0.3, -0.25) is 9.63 Å². The molecule has 0 fully saturated rings. The molecule has 0 atom stereocenters. The van der Waals surface area contributed by atoms with Gasteiger partial charge in [-0.25, -0.2) is 15.0 Å². The highest BCUT2D eigenvalue weighted by molar-refractivity contribution is 5.96. The molecule has 9 nitrogen and oxygen atoms in total. The number of carbonyl (C=O) groups is 1. The molecule has 0 saturated heterocycles. The van der Waals surface area contributed by atoms with E-state index in [0.29, 0.717) is 45.7 Å². The summed E-state index contributed by atoms with van der Waals surface area (Å²) < 4.78 is 16.7. The number of nitrogens with one attached hydrogen (secondary N) is 1. The highest BCUT2D eigenvalue weighted by Gasteiger charge is 2.24. The molecule has 0 bridgehead atoms. The minimum Gasteiger partial charge on any atom is -0.496 e. The molecule has 1 aromatic heterocycles. The van der Waals surface area contributed by atoms with Crippen molar-refractivity contribution < 1.29 is 23.8 Å². The molecule has 2 rings (SSSR count). The topological polar surface area (TPSA) is 95.0 Å². The van der Waals surface area contributed by atoms with Crippen LogP contribution in [0.2, 0.25) is 0 Å². The van der Waals surface area contributed by atoms with Crippen molar-refractivity contribution in [1.82, 2.24) is 15.0 Å². The Kier molecular flexibility index (Phi) is 8.44. The minimum absolute atomic E-state index is 0.264. The lowest BCUT2D eigenvalue weighted by Gasteiger charge is -2.21. The van der Waals surface area contributed by atoms with Crippen LogP contribution in [0.5, 0.6) is 17.4 Å². The van der Waals surface area contributed by atoms with Crippen molar-refractivity contribution in [3.63, 3.8) is 0 Å². The average molecular weight is 433 g/mol. The van der Waals surface area contributed by atoms with E-state index >= 15 is 0 Å². The number of hydrogen-bond acceptors (Lipinski definition) is 8. The maximum absolute atomic E-state index is 12.6. The van der Waals surface area contributed by atoms with Crippen molar-refractivity contribution in [3.8, 4) is 28.6 Å². The Balaban J connectivity index is 2.65. The fraction of sp³-hybridized carbons (Fsp3) is 0.500. The molecule has 170 valence electrons. The Bertz CT molecular complexity index is 890.